The Morgan fingerprint density at radius 3 is 2.44 bits per heavy atom. The van der Waals surface area contributed by atoms with Crippen LogP contribution in [0.4, 0.5) is 13.2 Å². The van der Waals surface area contributed by atoms with Crippen molar-refractivity contribution >= 4 is 34.1 Å². The summed E-state index contributed by atoms with van der Waals surface area (Å²) in [6, 6.07) is 2.29. The van der Waals surface area contributed by atoms with Crippen LogP contribution < -0.4 is 0 Å². The van der Waals surface area contributed by atoms with Crippen LogP contribution in [0.25, 0.3) is 10.9 Å². The summed E-state index contributed by atoms with van der Waals surface area (Å²) in [6.45, 7) is 0. The Balaban J connectivity index is 2.86. The van der Waals surface area contributed by atoms with Crippen molar-refractivity contribution in [2.24, 2.45) is 0 Å². The lowest BCUT2D eigenvalue weighted by molar-refractivity contribution is 0.140. The molecule has 2 aromatic rings. The smallest absolute Gasteiger partial charge is 0.224 e. The predicted octanol–water partition coefficient (Wildman–Crippen LogP) is 4.01. The van der Waals surface area contributed by atoms with Gasteiger partial charge >= 0.3 is 0 Å². The number of benzene rings is 1. The maximum atomic E-state index is 13.3. The molecule has 0 amide bonds. The summed E-state index contributed by atoms with van der Waals surface area (Å²) in [5, 5.41) is -0.139. The minimum atomic E-state index is -2.92. The highest BCUT2D eigenvalue weighted by Gasteiger charge is 2.17. The van der Waals surface area contributed by atoms with Gasteiger partial charge in [-0.1, -0.05) is 23.2 Å². The number of fused-ring (bicyclic) bond motifs is 1. The number of hydrogen-bond acceptors (Lipinski definition) is 2. The molecule has 0 unspecified atom stereocenters. The van der Waals surface area contributed by atoms with Gasteiger partial charge < -0.3 is 0 Å². The fourth-order valence-corrected chi connectivity index (χ4v) is 1.81. The first kappa shape index (κ1) is 11.4. The summed E-state index contributed by atoms with van der Waals surface area (Å²) < 4.78 is 38.1. The normalized spacial score (nSPS) is 11.4. The Morgan fingerprint density at radius 2 is 1.81 bits per heavy atom. The average Bonchev–Trinajstić information content (AvgIpc) is 2.22. The standard InChI is InChI=1S/C9H3Cl2F3N2/c10-3-1-2-4(12)6-5(3)7(11)16-9(15-6)8(13)14/h1-2,8H. The molecule has 0 aliphatic rings. The third kappa shape index (κ3) is 1.81. The summed E-state index contributed by atoms with van der Waals surface area (Å²) in [7, 11) is 0. The Kier molecular flexibility index (Phi) is 2.90. The Morgan fingerprint density at radius 1 is 1.12 bits per heavy atom. The summed E-state index contributed by atoms with van der Waals surface area (Å²) in [6.07, 6.45) is -2.92. The van der Waals surface area contributed by atoms with Crippen LogP contribution in [-0.2, 0) is 0 Å². The zero-order valence-corrected chi connectivity index (χ0v) is 9.03. The summed E-state index contributed by atoms with van der Waals surface area (Å²) in [4.78, 5) is 6.75. The van der Waals surface area contributed by atoms with E-state index in [1.165, 1.54) is 6.07 Å². The summed E-state index contributed by atoms with van der Waals surface area (Å²) in [5.74, 6) is -1.59. The van der Waals surface area contributed by atoms with Crippen molar-refractivity contribution in [1.29, 1.82) is 0 Å². The summed E-state index contributed by atoms with van der Waals surface area (Å²) in [5.41, 5.74) is -0.303. The van der Waals surface area contributed by atoms with Crippen molar-refractivity contribution in [3.63, 3.8) is 0 Å². The van der Waals surface area contributed by atoms with E-state index in [4.69, 9.17) is 23.2 Å². The monoisotopic (exact) mass is 266 g/mol. The molecule has 0 aliphatic carbocycles. The van der Waals surface area contributed by atoms with Gasteiger partial charge in [-0.3, -0.25) is 0 Å². The molecule has 0 N–H and O–H groups in total. The summed E-state index contributed by atoms with van der Waals surface area (Å²) >= 11 is 11.4. The SMILES string of the molecule is Fc1ccc(Cl)c2c(Cl)nc(C(F)F)nc12. The van der Waals surface area contributed by atoms with Crippen molar-refractivity contribution in [2.45, 2.75) is 6.43 Å². The van der Waals surface area contributed by atoms with Crippen LogP contribution in [0.3, 0.4) is 0 Å². The molecule has 0 aliphatic heterocycles. The fourth-order valence-electron chi connectivity index (χ4n) is 1.24. The maximum Gasteiger partial charge on any atom is 0.297 e. The molecule has 1 aromatic heterocycles. The first-order chi connectivity index (χ1) is 7.50. The number of nitrogens with zero attached hydrogens (tertiary/aromatic N) is 2. The van der Waals surface area contributed by atoms with E-state index < -0.39 is 18.1 Å². The molecule has 0 fully saturated rings. The second-order valence-electron chi connectivity index (χ2n) is 2.93. The largest absolute Gasteiger partial charge is 0.297 e. The van der Waals surface area contributed by atoms with Crippen LogP contribution in [0.15, 0.2) is 12.1 Å². The van der Waals surface area contributed by atoms with Gasteiger partial charge in [0, 0.05) is 0 Å². The maximum absolute atomic E-state index is 13.3. The van der Waals surface area contributed by atoms with Gasteiger partial charge in [-0.2, -0.15) is 0 Å². The molecule has 0 saturated heterocycles. The van der Waals surface area contributed by atoms with Gasteiger partial charge in [0.25, 0.3) is 6.43 Å². The lowest BCUT2D eigenvalue weighted by Crippen LogP contribution is -1.98. The van der Waals surface area contributed by atoms with Gasteiger partial charge in [0.1, 0.15) is 16.5 Å². The third-order valence-corrected chi connectivity index (χ3v) is 2.51. The molecule has 1 aromatic carbocycles. The van der Waals surface area contributed by atoms with Crippen molar-refractivity contribution in [1.82, 2.24) is 9.97 Å². The zero-order valence-electron chi connectivity index (χ0n) is 7.52. The van der Waals surface area contributed by atoms with E-state index in [2.05, 4.69) is 9.97 Å². The van der Waals surface area contributed by atoms with Crippen LogP contribution in [0, 0.1) is 5.82 Å². The number of aromatic nitrogens is 2. The average molecular weight is 267 g/mol. The predicted molar refractivity (Wildman–Crippen MR) is 54.5 cm³/mol. The Hall–Kier alpha value is -1.07. The van der Waals surface area contributed by atoms with Crippen LogP contribution >= 0.6 is 23.2 Å². The van der Waals surface area contributed by atoms with E-state index in [1.807, 2.05) is 0 Å². The van der Waals surface area contributed by atoms with E-state index in [9.17, 15) is 13.2 Å². The van der Waals surface area contributed by atoms with Gasteiger partial charge in [-0.15, -0.1) is 0 Å². The van der Waals surface area contributed by atoms with Crippen molar-refractivity contribution < 1.29 is 13.2 Å². The highest BCUT2D eigenvalue weighted by Crippen LogP contribution is 2.31. The number of alkyl halides is 2. The molecule has 0 saturated carbocycles. The molecule has 1 heterocycles. The van der Waals surface area contributed by atoms with Gasteiger partial charge in [-0.05, 0) is 12.1 Å². The Bertz CT molecular complexity index is 560. The van der Waals surface area contributed by atoms with Crippen LogP contribution in [0.1, 0.15) is 12.2 Å². The molecule has 2 rings (SSSR count). The van der Waals surface area contributed by atoms with Crippen LogP contribution in [0.5, 0.6) is 0 Å². The quantitative estimate of drug-likeness (QED) is 0.729. The van der Waals surface area contributed by atoms with E-state index in [-0.39, 0.29) is 21.1 Å². The highest BCUT2D eigenvalue weighted by molar-refractivity contribution is 6.41. The molecule has 7 heteroatoms. The van der Waals surface area contributed by atoms with Crippen molar-refractivity contribution in [3.05, 3.63) is 34.0 Å². The molecule has 16 heavy (non-hydrogen) atoms. The van der Waals surface area contributed by atoms with E-state index in [0.29, 0.717) is 0 Å². The second kappa shape index (κ2) is 4.07. The van der Waals surface area contributed by atoms with Gasteiger partial charge in [0.15, 0.2) is 5.82 Å². The Labute approximate surface area is 98.0 Å². The minimum Gasteiger partial charge on any atom is -0.224 e. The topological polar surface area (TPSA) is 25.8 Å². The van der Waals surface area contributed by atoms with E-state index in [1.54, 1.807) is 0 Å². The number of hydrogen-bond donors (Lipinski definition) is 0. The third-order valence-electron chi connectivity index (χ3n) is 1.92. The van der Waals surface area contributed by atoms with Crippen LogP contribution in [-0.4, -0.2) is 9.97 Å². The molecule has 0 spiro atoms. The molecule has 2 nitrogen and oxygen atoms in total. The van der Waals surface area contributed by atoms with Crippen LogP contribution in [0.2, 0.25) is 10.2 Å². The zero-order chi connectivity index (χ0) is 11.9. The second-order valence-corrected chi connectivity index (χ2v) is 3.69. The lowest BCUT2D eigenvalue weighted by atomic mass is 10.2. The van der Waals surface area contributed by atoms with Crippen molar-refractivity contribution in [2.75, 3.05) is 0 Å². The number of halogens is 5. The molecule has 0 atom stereocenters. The van der Waals surface area contributed by atoms with Gasteiger partial charge in [0.2, 0.25) is 0 Å². The van der Waals surface area contributed by atoms with Crippen molar-refractivity contribution in [3.8, 4) is 0 Å². The number of rotatable bonds is 1. The first-order valence-corrected chi connectivity index (χ1v) is 4.85. The minimum absolute atomic E-state index is 0.0349. The van der Waals surface area contributed by atoms with E-state index in [0.717, 1.165) is 6.07 Å². The first-order valence-electron chi connectivity index (χ1n) is 4.10. The van der Waals surface area contributed by atoms with Gasteiger partial charge in [0.05, 0.1) is 10.4 Å². The molecule has 84 valence electrons. The van der Waals surface area contributed by atoms with Gasteiger partial charge in [-0.25, -0.2) is 23.1 Å². The fraction of sp³-hybridized carbons (Fsp3) is 0.111. The van der Waals surface area contributed by atoms with E-state index >= 15 is 0 Å². The molecular weight excluding hydrogens is 264 g/mol. The highest BCUT2D eigenvalue weighted by atomic mass is 35.5. The molecule has 0 radical (unpaired) electrons. The lowest BCUT2D eigenvalue weighted by Gasteiger charge is -2.05. The molecular formula is C9H3Cl2F3N2. The molecule has 0 bridgehead atoms.